The Morgan fingerprint density at radius 2 is 2.00 bits per heavy atom. The van der Waals surface area contributed by atoms with E-state index in [1.165, 1.54) is 5.56 Å². The first-order chi connectivity index (χ1) is 6.88. The van der Waals surface area contributed by atoms with Gasteiger partial charge in [-0.1, -0.05) is 37.3 Å². The molecule has 1 aromatic carbocycles. The predicted molar refractivity (Wildman–Crippen MR) is 59.2 cm³/mol. The summed E-state index contributed by atoms with van der Waals surface area (Å²) in [6.07, 6.45) is 1.90. The van der Waals surface area contributed by atoms with E-state index in [-0.39, 0.29) is 6.61 Å². The fourth-order valence-corrected chi connectivity index (χ4v) is 1.54. The molecule has 0 aliphatic rings. The highest BCUT2D eigenvalue weighted by Crippen LogP contribution is 2.15. The molecule has 2 heteroatoms. The topological polar surface area (TPSA) is 32.3 Å². The molecule has 2 nitrogen and oxygen atoms in total. The maximum absolute atomic E-state index is 8.68. The molecular formula is C12H19NO. The number of benzene rings is 1. The zero-order chi connectivity index (χ0) is 10.2. The van der Waals surface area contributed by atoms with Crippen LogP contribution in [0.25, 0.3) is 0 Å². The summed E-state index contributed by atoms with van der Waals surface area (Å²) in [5, 5.41) is 12.1. The molecule has 0 spiro atoms. The lowest BCUT2D eigenvalue weighted by Crippen LogP contribution is -2.22. The largest absolute Gasteiger partial charge is 0.396 e. The Kier molecular flexibility index (Phi) is 5.27. The molecule has 0 saturated carbocycles. The van der Waals surface area contributed by atoms with Crippen LogP contribution in [0.4, 0.5) is 0 Å². The lowest BCUT2D eigenvalue weighted by molar-refractivity contribution is 0.283. The molecule has 78 valence electrons. The number of hydrogen-bond donors (Lipinski definition) is 2. The zero-order valence-electron chi connectivity index (χ0n) is 8.74. The smallest absolute Gasteiger partial charge is 0.0443 e. The van der Waals surface area contributed by atoms with Gasteiger partial charge in [0.1, 0.15) is 0 Å². The van der Waals surface area contributed by atoms with Crippen LogP contribution >= 0.6 is 0 Å². The van der Waals surface area contributed by atoms with E-state index in [4.69, 9.17) is 5.11 Å². The first kappa shape index (κ1) is 11.2. The van der Waals surface area contributed by atoms with E-state index in [1.54, 1.807) is 0 Å². The molecule has 0 aliphatic carbocycles. The molecule has 1 rings (SSSR count). The van der Waals surface area contributed by atoms with Gasteiger partial charge in [0, 0.05) is 12.6 Å². The molecule has 0 radical (unpaired) electrons. The highest BCUT2D eigenvalue weighted by atomic mass is 16.3. The average molecular weight is 193 g/mol. The monoisotopic (exact) mass is 193 g/mol. The van der Waals surface area contributed by atoms with Crippen molar-refractivity contribution in [3.8, 4) is 0 Å². The minimum atomic E-state index is 0.262. The van der Waals surface area contributed by atoms with Crippen LogP contribution in [-0.4, -0.2) is 18.3 Å². The molecule has 0 saturated heterocycles. The van der Waals surface area contributed by atoms with Crippen molar-refractivity contribution in [2.75, 3.05) is 13.2 Å². The van der Waals surface area contributed by atoms with Crippen LogP contribution in [0.5, 0.6) is 0 Å². The summed E-state index contributed by atoms with van der Waals surface area (Å²) in [5.41, 5.74) is 1.33. The Morgan fingerprint density at radius 3 is 2.57 bits per heavy atom. The van der Waals surface area contributed by atoms with Crippen molar-refractivity contribution in [2.45, 2.75) is 25.8 Å². The Morgan fingerprint density at radius 1 is 1.29 bits per heavy atom. The van der Waals surface area contributed by atoms with Gasteiger partial charge in [-0.05, 0) is 24.9 Å². The Labute approximate surface area is 86.0 Å². The zero-order valence-corrected chi connectivity index (χ0v) is 8.74. The number of hydrogen-bond acceptors (Lipinski definition) is 2. The van der Waals surface area contributed by atoms with Crippen molar-refractivity contribution in [3.63, 3.8) is 0 Å². The molecule has 0 bridgehead atoms. The van der Waals surface area contributed by atoms with E-state index in [2.05, 4.69) is 36.5 Å². The van der Waals surface area contributed by atoms with E-state index in [0.29, 0.717) is 6.04 Å². The lowest BCUT2D eigenvalue weighted by Gasteiger charge is -2.16. The van der Waals surface area contributed by atoms with Gasteiger partial charge in [0.2, 0.25) is 0 Å². The molecule has 1 aromatic rings. The summed E-state index contributed by atoms with van der Waals surface area (Å²) in [4.78, 5) is 0. The van der Waals surface area contributed by atoms with E-state index in [0.717, 1.165) is 19.4 Å². The molecule has 0 amide bonds. The summed E-state index contributed by atoms with van der Waals surface area (Å²) < 4.78 is 0. The van der Waals surface area contributed by atoms with Gasteiger partial charge in [-0.25, -0.2) is 0 Å². The van der Waals surface area contributed by atoms with Gasteiger partial charge >= 0.3 is 0 Å². The Balaban J connectivity index is 2.46. The van der Waals surface area contributed by atoms with Gasteiger partial charge in [-0.2, -0.15) is 0 Å². The Hall–Kier alpha value is -0.860. The van der Waals surface area contributed by atoms with E-state index < -0.39 is 0 Å². The molecule has 2 N–H and O–H groups in total. The second-order valence-corrected chi connectivity index (χ2v) is 3.40. The van der Waals surface area contributed by atoms with E-state index in [1.807, 2.05) is 6.07 Å². The van der Waals surface area contributed by atoms with Gasteiger partial charge in [0.05, 0.1) is 0 Å². The van der Waals surface area contributed by atoms with Crippen molar-refractivity contribution >= 4 is 0 Å². The second-order valence-electron chi connectivity index (χ2n) is 3.40. The van der Waals surface area contributed by atoms with Crippen molar-refractivity contribution in [3.05, 3.63) is 35.9 Å². The van der Waals surface area contributed by atoms with Crippen molar-refractivity contribution in [1.29, 1.82) is 0 Å². The van der Waals surface area contributed by atoms with Gasteiger partial charge in [0.15, 0.2) is 0 Å². The molecule has 0 aliphatic heterocycles. The standard InChI is InChI=1S/C12H19NO/c1-2-12(13-9-6-10-14)11-7-4-3-5-8-11/h3-5,7-8,12-14H,2,6,9-10H2,1H3/t12-/m1/s1. The summed E-state index contributed by atoms with van der Waals surface area (Å²) in [7, 11) is 0. The van der Waals surface area contributed by atoms with Crippen LogP contribution < -0.4 is 5.32 Å². The molecule has 0 unspecified atom stereocenters. The molecule has 0 aromatic heterocycles. The summed E-state index contributed by atoms with van der Waals surface area (Å²) in [6, 6.07) is 10.9. The molecule has 14 heavy (non-hydrogen) atoms. The number of rotatable bonds is 6. The van der Waals surface area contributed by atoms with Crippen molar-refractivity contribution < 1.29 is 5.11 Å². The van der Waals surface area contributed by atoms with Crippen LogP contribution in [0.1, 0.15) is 31.4 Å². The van der Waals surface area contributed by atoms with Gasteiger partial charge < -0.3 is 10.4 Å². The summed E-state index contributed by atoms with van der Waals surface area (Å²) in [5.74, 6) is 0. The first-order valence-corrected chi connectivity index (χ1v) is 5.27. The molecule has 0 heterocycles. The molecular weight excluding hydrogens is 174 g/mol. The number of aliphatic hydroxyl groups is 1. The van der Waals surface area contributed by atoms with Crippen LogP contribution in [-0.2, 0) is 0 Å². The van der Waals surface area contributed by atoms with E-state index in [9.17, 15) is 0 Å². The SMILES string of the molecule is CC[C@@H](NCCCO)c1ccccc1. The lowest BCUT2D eigenvalue weighted by atomic mass is 10.0. The van der Waals surface area contributed by atoms with Gasteiger partial charge in [0.25, 0.3) is 0 Å². The molecule has 0 fully saturated rings. The average Bonchev–Trinajstić information content (AvgIpc) is 2.26. The van der Waals surface area contributed by atoms with Crippen LogP contribution in [0.15, 0.2) is 30.3 Å². The highest BCUT2D eigenvalue weighted by molar-refractivity contribution is 5.18. The summed E-state index contributed by atoms with van der Waals surface area (Å²) in [6.45, 7) is 3.31. The highest BCUT2D eigenvalue weighted by Gasteiger charge is 2.06. The molecule has 1 atom stereocenters. The fourth-order valence-electron chi connectivity index (χ4n) is 1.54. The van der Waals surface area contributed by atoms with Gasteiger partial charge in [-0.3, -0.25) is 0 Å². The quantitative estimate of drug-likeness (QED) is 0.678. The minimum absolute atomic E-state index is 0.262. The summed E-state index contributed by atoms with van der Waals surface area (Å²) >= 11 is 0. The van der Waals surface area contributed by atoms with Crippen LogP contribution in [0, 0.1) is 0 Å². The first-order valence-electron chi connectivity index (χ1n) is 5.27. The number of nitrogens with one attached hydrogen (secondary N) is 1. The predicted octanol–water partition coefficient (Wildman–Crippen LogP) is 2.11. The van der Waals surface area contributed by atoms with Crippen molar-refractivity contribution in [1.82, 2.24) is 5.32 Å². The third kappa shape index (κ3) is 3.48. The van der Waals surface area contributed by atoms with Crippen LogP contribution in [0.2, 0.25) is 0 Å². The maximum atomic E-state index is 8.68. The minimum Gasteiger partial charge on any atom is -0.396 e. The van der Waals surface area contributed by atoms with Crippen molar-refractivity contribution in [2.24, 2.45) is 0 Å². The third-order valence-corrected chi connectivity index (χ3v) is 2.34. The normalized spacial score (nSPS) is 12.7. The maximum Gasteiger partial charge on any atom is 0.0443 e. The third-order valence-electron chi connectivity index (χ3n) is 2.34. The van der Waals surface area contributed by atoms with Crippen LogP contribution in [0.3, 0.4) is 0 Å². The second kappa shape index (κ2) is 6.57. The number of aliphatic hydroxyl groups excluding tert-OH is 1. The van der Waals surface area contributed by atoms with E-state index >= 15 is 0 Å². The fraction of sp³-hybridized carbons (Fsp3) is 0.500. The van der Waals surface area contributed by atoms with Gasteiger partial charge in [-0.15, -0.1) is 0 Å². The Bertz CT molecular complexity index is 235.